The Bertz CT molecular complexity index is 807. The van der Waals surface area contributed by atoms with Crippen molar-refractivity contribution in [2.24, 2.45) is 34.5 Å². The minimum absolute atomic E-state index is 0.232. The van der Waals surface area contributed by atoms with Gasteiger partial charge in [-0.2, -0.15) is 0 Å². The van der Waals surface area contributed by atoms with Gasteiger partial charge in [0.05, 0.1) is 12.2 Å². The molecule has 0 saturated heterocycles. The van der Waals surface area contributed by atoms with Gasteiger partial charge in [-0.25, -0.2) is 0 Å². The molecule has 4 rings (SSSR count). The highest BCUT2D eigenvalue weighted by molar-refractivity contribution is 6.70. The fraction of sp³-hybridized carbons (Fsp3) is 0.931. The molecule has 0 aromatic rings. The first-order chi connectivity index (χ1) is 15.9. The van der Waals surface area contributed by atoms with Crippen molar-refractivity contribution in [2.75, 3.05) is 6.61 Å². The Labute approximate surface area is 220 Å². The maximum absolute atomic E-state index is 6.87. The van der Waals surface area contributed by atoms with Crippen LogP contribution in [0.1, 0.15) is 58.8 Å². The fourth-order valence-corrected chi connectivity index (χ4v) is 11.6. The lowest BCUT2D eigenvalue weighted by atomic mass is 9.45. The highest BCUT2D eigenvalue weighted by atomic mass is 28.4. The van der Waals surface area contributed by atoms with E-state index >= 15 is 0 Å². The molecule has 0 bridgehead atoms. The average molecular weight is 537 g/mol. The van der Waals surface area contributed by atoms with Crippen LogP contribution in [0, 0.1) is 34.5 Å². The van der Waals surface area contributed by atoms with Crippen molar-refractivity contribution in [3.05, 3.63) is 11.6 Å². The maximum atomic E-state index is 6.87. The first-order valence-corrected chi connectivity index (χ1v) is 24.9. The van der Waals surface area contributed by atoms with Gasteiger partial charge in [0.2, 0.25) is 0 Å². The summed E-state index contributed by atoms with van der Waals surface area (Å²) in [6.45, 7) is 27.3. The van der Waals surface area contributed by atoms with Crippen LogP contribution < -0.4 is 0 Å². The summed E-state index contributed by atoms with van der Waals surface area (Å²) in [5.41, 5.74) is 2.29. The number of hydrogen-bond donors (Lipinski definition) is 0. The van der Waals surface area contributed by atoms with E-state index in [4.69, 9.17) is 13.3 Å². The summed E-state index contributed by atoms with van der Waals surface area (Å²) in [7, 11) is -4.70. The molecule has 3 nitrogen and oxygen atoms in total. The molecule has 0 N–H and O–H groups in total. The molecule has 0 heterocycles. The molecule has 0 aromatic carbocycles. The van der Waals surface area contributed by atoms with Crippen LogP contribution >= 0.6 is 0 Å². The van der Waals surface area contributed by atoms with Crippen molar-refractivity contribution in [3.63, 3.8) is 0 Å². The fourth-order valence-electron chi connectivity index (χ4n) is 8.58. The molecule has 0 amide bonds. The lowest BCUT2D eigenvalue weighted by Crippen LogP contribution is -2.57. The molecule has 35 heavy (non-hydrogen) atoms. The van der Waals surface area contributed by atoms with E-state index in [0.717, 1.165) is 30.3 Å². The molecule has 8 atom stereocenters. The summed E-state index contributed by atoms with van der Waals surface area (Å²) in [5, 5.41) is 0. The van der Waals surface area contributed by atoms with Crippen LogP contribution in [0.25, 0.3) is 0 Å². The molecule has 4 aliphatic carbocycles. The van der Waals surface area contributed by atoms with Gasteiger partial charge in [0.15, 0.2) is 25.0 Å². The monoisotopic (exact) mass is 536 g/mol. The van der Waals surface area contributed by atoms with E-state index in [2.05, 4.69) is 78.8 Å². The summed E-state index contributed by atoms with van der Waals surface area (Å²) in [6, 6.07) is 0. The van der Waals surface area contributed by atoms with Gasteiger partial charge in [-0.1, -0.05) is 25.5 Å². The van der Waals surface area contributed by atoms with Crippen LogP contribution in [-0.2, 0) is 13.3 Å². The van der Waals surface area contributed by atoms with E-state index in [1.807, 2.05) is 0 Å². The number of rotatable bonds is 7. The standard InChI is InChI=1S/C29H56O3Si3/c1-21-18-22-19-23(31-34(6,7)8)14-17-29(22,20-30-33(3,4)5)25-15-16-28(2)24(27(21)25)12-13-26(28)32-35(9,10)11/h19,21,23-27H,12-18,20H2,1-11H3/t21?,23?,24-,25+,26?,27-,28-,29+/m0/s1. The molecular weight excluding hydrogens is 481 g/mol. The number of fused-ring (bicyclic) bond motifs is 5. The SMILES string of the molecule is CC1CC2=CC(O[Si](C)(C)C)CC[C@]2(CO[Si](C)(C)C)[C@@H]2CC[C@]3(C)C(O[Si](C)(C)C)CC[C@H]3[C@H]12. The van der Waals surface area contributed by atoms with E-state index in [-0.39, 0.29) is 5.41 Å². The van der Waals surface area contributed by atoms with Crippen molar-refractivity contribution in [2.45, 2.75) is 130 Å². The zero-order valence-corrected chi connectivity index (χ0v) is 27.9. The van der Waals surface area contributed by atoms with Crippen LogP contribution in [0.5, 0.6) is 0 Å². The molecule has 0 aromatic heterocycles. The normalized spacial score (nSPS) is 42.2. The van der Waals surface area contributed by atoms with Gasteiger partial charge < -0.3 is 13.3 Å². The lowest BCUT2D eigenvalue weighted by molar-refractivity contribution is -0.106. The Balaban J connectivity index is 1.67. The second kappa shape index (κ2) is 9.48. The van der Waals surface area contributed by atoms with Crippen LogP contribution in [0.15, 0.2) is 11.6 Å². The van der Waals surface area contributed by atoms with Crippen LogP contribution in [0.3, 0.4) is 0 Å². The van der Waals surface area contributed by atoms with Crippen molar-refractivity contribution in [3.8, 4) is 0 Å². The molecule has 0 radical (unpaired) electrons. The zero-order chi connectivity index (χ0) is 26.0. The van der Waals surface area contributed by atoms with Gasteiger partial charge in [0, 0.05) is 12.0 Å². The average Bonchev–Trinajstić information content (AvgIpc) is 3.00. The van der Waals surface area contributed by atoms with Gasteiger partial charge in [0.25, 0.3) is 0 Å². The Kier molecular flexibility index (Phi) is 7.66. The van der Waals surface area contributed by atoms with Crippen LogP contribution in [0.2, 0.25) is 58.9 Å². The zero-order valence-electron chi connectivity index (χ0n) is 24.9. The third-order valence-electron chi connectivity index (χ3n) is 9.82. The van der Waals surface area contributed by atoms with E-state index in [9.17, 15) is 0 Å². The van der Waals surface area contributed by atoms with Crippen LogP contribution in [-0.4, -0.2) is 43.8 Å². The summed E-state index contributed by atoms with van der Waals surface area (Å²) < 4.78 is 20.3. The Hall–Kier alpha value is 0.271. The third kappa shape index (κ3) is 5.83. The molecule has 4 aliphatic rings. The summed E-state index contributed by atoms with van der Waals surface area (Å²) in [6.07, 6.45) is 12.4. The summed E-state index contributed by atoms with van der Waals surface area (Å²) in [5.74, 6) is 3.11. The largest absolute Gasteiger partial charge is 0.417 e. The second-order valence-electron chi connectivity index (χ2n) is 15.9. The highest BCUT2D eigenvalue weighted by Gasteiger charge is 2.62. The van der Waals surface area contributed by atoms with Gasteiger partial charge in [-0.05, 0) is 133 Å². The Morgan fingerprint density at radius 2 is 1.46 bits per heavy atom. The molecular formula is C29H56O3Si3. The predicted molar refractivity (Wildman–Crippen MR) is 156 cm³/mol. The first kappa shape index (κ1) is 28.3. The lowest BCUT2D eigenvalue weighted by Gasteiger charge is -2.61. The smallest absolute Gasteiger partial charge is 0.184 e. The van der Waals surface area contributed by atoms with Gasteiger partial charge in [0.1, 0.15) is 0 Å². The molecule has 0 aliphatic heterocycles. The van der Waals surface area contributed by atoms with Gasteiger partial charge in [-0.3, -0.25) is 0 Å². The molecule has 3 saturated carbocycles. The molecule has 6 heteroatoms. The summed E-state index contributed by atoms with van der Waals surface area (Å²) >= 11 is 0. The van der Waals surface area contributed by atoms with Crippen molar-refractivity contribution in [1.82, 2.24) is 0 Å². The molecule has 0 spiro atoms. The van der Waals surface area contributed by atoms with E-state index in [1.165, 1.54) is 44.9 Å². The summed E-state index contributed by atoms with van der Waals surface area (Å²) in [4.78, 5) is 0. The number of hydrogen-bond acceptors (Lipinski definition) is 3. The van der Waals surface area contributed by atoms with Gasteiger partial charge >= 0.3 is 0 Å². The Morgan fingerprint density at radius 1 is 0.800 bits per heavy atom. The second-order valence-corrected chi connectivity index (χ2v) is 29.3. The molecule has 3 unspecified atom stereocenters. The topological polar surface area (TPSA) is 27.7 Å². The minimum atomic E-state index is -1.60. The predicted octanol–water partition coefficient (Wildman–Crippen LogP) is 8.47. The van der Waals surface area contributed by atoms with Crippen molar-refractivity contribution in [1.29, 1.82) is 0 Å². The van der Waals surface area contributed by atoms with Gasteiger partial charge in [-0.15, -0.1) is 0 Å². The Morgan fingerprint density at radius 3 is 2.06 bits per heavy atom. The first-order valence-electron chi connectivity index (χ1n) is 14.6. The quantitative estimate of drug-likeness (QED) is 0.241. The molecule has 3 fully saturated rings. The third-order valence-corrected chi connectivity index (χ3v) is 12.8. The maximum Gasteiger partial charge on any atom is 0.184 e. The minimum Gasteiger partial charge on any atom is -0.417 e. The van der Waals surface area contributed by atoms with E-state index in [1.54, 1.807) is 5.57 Å². The molecule has 202 valence electrons. The highest BCUT2D eigenvalue weighted by Crippen LogP contribution is 2.67. The van der Waals surface area contributed by atoms with Crippen molar-refractivity contribution >= 4 is 25.0 Å². The van der Waals surface area contributed by atoms with Crippen LogP contribution in [0.4, 0.5) is 0 Å². The van der Waals surface area contributed by atoms with E-state index in [0.29, 0.717) is 17.6 Å². The van der Waals surface area contributed by atoms with E-state index < -0.39 is 25.0 Å². The van der Waals surface area contributed by atoms with Crippen molar-refractivity contribution < 1.29 is 13.3 Å².